The predicted molar refractivity (Wildman–Crippen MR) is 236 cm³/mol. The van der Waals surface area contributed by atoms with Gasteiger partial charge in [0.25, 0.3) is 0 Å². The first kappa shape index (κ1) is 33.0. The van der Waals surface area contributed by atoms with Crippen LogP contribution < -0.4 is 9.80 Å². The van der Waals surface area contributed by atoms with Gasteiger partial charge in [-0.05, 0) is 106 Å². The topological polar surface area (TPSA) is 19.6 Å². The molecule has 0 amide bonds. The van der Waals surface area contributed by atoms with E-state index in [1.807, 2.05) is 17.4 Å². The molecule has 0 aliphatic heterocycles. The van der Waals surface area contributed by atoms with Crippen molar-refractivity contribution in [3.8, 4) is 20.9 Å². The SMILES string of the molecule is CC1(C)c2cc(N(c3ccccc3)c3ccccc3)ccc2-c2sc3c(c21)C(C)(C)c1cc(N(c2ccccc2)c2cccc4c2oc2ccccc24)ccc1-3. The van der Waals surface area contributed by atoms with E-state index in [2.05, 4.69) is 201 Å². The summed E-state index contributed by atoms with van der Waals surface area (Å²) >= 11 is 1.98. The second kappa shape index (κ2) is 12.1. The Kier molecular flexibility index (Phi) is 7.12. The first-order valence-corrected chi connectivity index (χ1v) is 20.3. The maximum absolute atomic E-state index is 6.61. The number of rotatable bonds is 6. The fraction of sp³-hybridized carbons (Fsp3) is 0.115. The Hall–Kier alpha value is -6.36. The van der Waals surface area contributed by atoms with Gasteiger partial charge in [0.05, 0.1) is 5.69 Å². The zero-order valence-corrected chi connectivity index (χ0v) is 32.7. The summed E-state index contributed by atoms with van der Waals surface area (Å²) in [5.74, 6) is 0. The third-order valence-corrected chi connectivity index (χ3v) is 13.4. The van der Waals surface area contributed by atoms with Crippen molar-refractivity contribution in [3.63, 3.8) is 0 Å². The molecule has 56 heavy (non-hydrogen) atoms. The van der Waals surface area contributed by atoms with Crippen LogP contribution in [0.15, 0.2) is 174 Å². The number of hydrogen-bond donors (Lipinski definition) is 0. The fourth-order valence-electron chi connectivity index (χ4n) is 9.56. The minimum atomic E-state index is -0.208. The molecule has 2 aliphatic rings. The van der Waals surface area contributed by atoms with Crippen LogP contribution in [0.5, 0.6) is 0 Å². The lowest BCUT2D eigenvalue weighted by Crippen LogP contribution is -2.23. The van der Waals surface area contributed by atoms with Gasteiger partial charge < -0.3 is 14.2 Å². The van der Waals surface area contributed by atoms with E-state index in [9.17, 15) is 0 Å². The van der Waals surface area contributed by atoms with Gasteiger partial charge in [-0.3, -0.25) is 0 Å². The fourth-order valence-corrected chi connectivity index (χ4v) is 11.3. The van der Waals surface area contributed by atoms with E-state index in [0.29, 0.717) is 0 Å². The van der Waals surface area contributed by atoms with Crippen molar-refractivity contribution < 1.29 is 4.42 Å². The Labute approximate surface area is 331 Å². The lowest BCUT2D eigenvalue weighted by Gasteiger charge is -2.31. The maximum Gasteiger partial charge on any atom is 0.159 e. The normalized spacial score (nSPS) is 14.4. The second-order valence-electron chi connectivity index (χ2n) is 16.1. The van der Waals surface area contributed by atoms with Crippen molar-refractivity contribution >= 4 is 67.4 Å². The van der Waals surface area contributed by atoms with Crippen molar-refractivity contribution in [2.75, 3.05) is 9.80 Å². The van der Waals surface area contributed by atoms with Gasteiger partial charge >= 0.3 is 0 Å². The van der Waals surface area contributed by atoms with E-state index in [1.54, 1.807) is 0 Å². The highest BCUT2D eigenvalue weighted by molar-refractivity contribution is 7.19. The van der Waals surface area contributed by atoms with Crippen molar-refractivity contribution in [1.29, 1.82) is 0 Å². The summed E-state index contributed by atoms with van der Waals surface area (Å²) in [4.78, 5) is 7.56. The van der Waals surface area contributed by atoms with E-state index < -0.39 is 0 Å². The van der Waals surface area contributed by atoms with E-state index in [0.717, 1.165) is 50.4 Å². The molecule has 11 rings (SSSR count). The van der Waals surface area contributed by atoms with Crippen LogP contribution in [-0.4, -0.2) is 0 Å². The van der Waals surface area contributed by atoms with E-state index in [1.165, 1.54) is 48.8 Å². The van der Waals surface area contributed by atoms with Crippen molar-refractivity contribution in [2.24, 2.45) is 0 Å². The van der Waals surface area contributed by atoms with Crippen LogP contribution in [0.1, 0.15) is 49.9 Å². The Morgan fingerprint density at radius 2 is 0.893 bits per heavy atom. The quantitative estimate of drug-likeness (QED) is 0.169. The zero-order chi connectivity index (χ0) is 37.8. The van der Waals surface area contributed by atoms with Gasteiger partial charge in [-0.15, -0.1) is 11.3 Å². The average Bonchev–Trinajstić information content (AvgIpc) is 3.93. The molecule has 7 aromatic carbocycles. The van der Waals surface area contributed by atoms with Crippen molar-refractivity contribution in [2.45, 2.75) is 38.5 Å². The van der Waals surface area contributed by atoms with Crippen LogP contribution in [0.3, 0.4) is 0 Å². The molecule has 0 saturated heterocycles. The molecule has 2 aromatic heterocycles. The summed E-state index contributed by atoms with van der Waals surface area (Å²) < 4.78 is 6.61. The Morgan fingerprint density at radius 3 is 1.45 bits per heavy atom. The number of anilines is 6. The maximum atomic E-state index is 6.61. The summed E-state index contributed by atoms with van der Waals surface area (Å²) in [6, 6.07) is 61.2. The molecule has 2 heterocycles. The molecule has 0 spiro atoms. The molecule has 2 aliphatic carbocycles. The van der Waals surface area contributed by atoms with E-state index >= 15 is 0 Å². The van der Waals surface area contributed by atoms with Gasteiger partial charge in [0, 0.05) is 59.8 Å². The number of benzene rings is 7. The molecule has 0 saturated carbocycles. The molecule has 0 radical (unpaired) electrons. The molecular weight excluding hydrogens is 701 g/mol. The number of furan rings is 1. The zero-order valence-electron chi connectivity index (χ0n) is 31.9. The first-order chi connectivity index (χ1) is 27.3. The molecule has 4 heteroatoms. The molecule has 0 atom stereocenters. The van der Waals surface area contributed by atoms with Gasteiger partial charge in [0.1, 0.15) is 5.58 Å². The third kappa shape index (κ3) is 4.69. The van der Waals surface area contributed by atoms with Gasteiger partial charge in [0.15, 0.2) is 5.58 Å². The highest BCUT2D eigenvalue weighted by atomic mass is 32.1. The number of nitrogens with zero attached hydrogens (tertiary/aromatic N) is 2. The number of hydrogen-bond acceptors (Lipinski definition) is 4. The van der Waals surface area contributed by atoms with Crippen LogP contribution in [0.4, 0.5) is 34.1 Å². The van der Waals surface area contributed by atoms with Crippen molar-refractivity contribution in [1.82, 2.24) is 0 Å². The monoisotopic (exact) mass is 740 g/mol. The third-order valence-electron chi connectivity index (χ3n) is 12.2. The van der Waals surface area contributed by atoms with Gasteiger partial charge in [-0.2, -0.15) is 0 Å². The summed E-state index contributed by atoms with van der Waals surface area (Å²) in [7, 11) is 0. The largest absolute Gasteiger partial charge is 0.454 e. The van der Waals surface area contributed by atoms with Crippen LogP contribution in [0.2, 0.25) is 0 Å². The summed E-state index contributed by atoms with van der Waals surface area (Å²) in [5, 5.41) is 2.26. The van der Waals surface area contributed by atoms with Gasteiger partial charge in [-0.25, -0.2) is 0 Å². The van der Waals surface area contributed by atoms with Crippen LogP contribution in [-0.2, 0) is 10.8 Å². The minimum Gasteiger partial charge on any atom is -0.454 e. The number of fused-ring (bicyclic) bond motifs is 10. The number of para-hydroxylation sites is 5. The van der Waals surface area contributed by atoms with Crippen LogP contribution in [0, 0.1) is 0 Å². The average molecular weight is 741 g/mol. The highest BCUT2D eigenvalue weighted by Crippen LogP contribution is 2.64. The molecule has 9 aromatic rings. The molecule has 0 bridgehead atoms. The van der Waals surface area contributed by atoms with Gasteiger partial charge in [-0.1, -0.05) is 125 Å². The van der Waals surface area contributed by atoms with E-state index in [-0.39, 0.29) is 10.8 Å². The molecule has 3 nitrogen and oxygen atoms in total. The Morgan fingerprint density at radius 1 is 0.429 bits per heavy atom. The summed E-state index contributed by atoms with van der Waals surface area (Å²) in [5.41, 5.74) is 16.5. The minimum absolute atomic E-state index is 0.182. The lowest BCUT2D eigenvalue weighted by molar-refractivity contribution is 0.603. The Balaban J connectivity index is 1.03. The van der Waals surface area contributed by atoms with Crippen LogP contribution >= 0.6 is 11.3 Å². The highest BCUT2D eigenvalue weighted by Gasteiger charge is 2.48. The first-order valence-electron chi connectivity index (χ1n) is 19.4. The molecule has 270 valence electrons. The van der Waals surface area contributed by atoms with Crippen molar-refractivity contribution in [3.05, 3.63) is 192 Å². The predicted octanol–water partition coefficient (Wildman–Crippen LogP) is 15.2. The summed E-state index contributed by atoms with van der Waals surface area (Å²) in [6.45, 7) is 9.72. The second-order valence-corrected chi connectivity index (χ2v) is 17.2. The Bertz CT molecular complexity index is 2940. The smallest absolute Gasteiger partial charge is 0.159 e. The lowest BCUT2D eigenvalue weighted by atomic mass is 9.74. The molecular formula is C52H40N2OS. The molecule has 0 N–H and O–H groups in total. The van der Waals surface area contributed by atoms with Crippen LogP contribution in [0.25, 0.3) is 42.8 Å². The van der Waals surface area contributed by atoms with Gasteiger partial charge in [0.2, 0.25) is 0 Å². The molecule has 0 fully saturated rings. The number of thiophene rings is 1. The standard InChI is InChI=1S/C52H40N2OS/c1-51(2)42-31-36(53(33-17-8-5-9-18-33)34-19-10-6-11-20-34)27-29-40(42)49-46(51)47-50(56-49)41-30-28-37(32-43(41)52(47,3)4)54(35-21-12-7-13-22-35)44-25-16-24-39-38-23-14-15-26-45(38)55-48(39)44/h5-32H,1-4H3. The van der Waals surface area contributed by atoms with E-state index in [4.69, 9.17) is 4.42 Å². The summed E-state index contributed by atoms with van der Waals surface area (Å²) in [6.07, 6.45) is 0. The molecule has 0 unspecified atom stereocenters.